The lowest BCUT2D eigenvalue weighted by atomic mass is 9.99. The van der Waals surface area contributed by atoms with Gasteiger partial charge in [0.1, 0.15) is 12.2 Å². The fourth-order valence-electron chi connectivity index (χ4n) is 1.59. The molecule has 1 aliphatic carbocycles. The van der Waals surface area contributed by atoms with Crippen molar-refractivity contribution in [2.75, 3.05) is 6.61 Å². The zero-order valence-electron chi connectivity index (χ0n) is 8.46. The predicted octanol–water partition coefficient (Wildman–Crippen LogP) is 2.62. The highest BCUT2D eigenvalue weighted by Gasteiger charge is 2.31. The Bertz CT molecular complexity index is 274. The molecule has 0 saturated carbocycles. The van der Waals surface area contributed by atoms with Gasteiger partial charge in [-0.2, -0.15) is 0 Å². The van der Waals surface area contributed by atoms with Gasteiger partial charge < -0.3 is 9.47 Å². The van der Waals surface area contributed by atoms with E-state index in [1.165, 1.54) is 0 Å². The Kier molecular flexibility index (Phi) is 1.86. The van der Waals surface area contributed by atoms with Crippen LogP contribution >= 0.6 is 0 Å². The molecule has 0 aromatic carbocycles. The van der Waals surface area contributed by atoms with Crippen molar-refractivity contribution in [3.05, 3.63) is 23.7 Å². The van der Waals surface area contributed by atoms with Crippen molar-refractivity contribution in [2.45, 2.75) is 32.8 Å². The van der Waals surface area contributed by atoms with E-state index in [2.05, 4.69) is 19.1 Å². The van der Waals surface area contributed by atoms with Crippen LogP contribution in [0.1, 0.15) is 27.2 Å². The van der Waals surface area contributed by atoms with Gasteiger partial charge in [-0.1, -0.05) is 6.92 Å². The number of hydrogen-bond donors (Lipinski definition) is 0. The number of fused-ring (bicyclic) bond motifs is 1. The third-order valence-corrected chi connectivity index (χ3v) is 2.32. The largest absolute Gasteiger partial charge is 0.486 e. The molecule has 13 heavy (non-hydrogen) atoms. The molecule has 2 aliphatic rings. The van der Waals surface area contributed by atoms with Gasteiger partial charge in [-0.15, -0.1) is 0 Å². The minimum atomic E-state index is -0.177. The van der Waals surface area contributed by atoms with Crippen molar-refractivity contribution in [3.8, 4) is 0 Å². The molecular weight excluding hydrogens is 164 g/mol. The van der Waals surface area contributed by atoms with Gasteiger partial charge in [-0.25, -0.2) is 0 Å². The van der Waals surface area contributed by atoms with E-state index in [1.807, 2.05) is 13.8 Å². The molecule has 0 amide bonds. The van der Waals surface area contributed by atoms with Crippen LogP contribution in [-0.4, -0.2) is 12.2 Å². The van der Waals surface area contributed by atoms with E-state index in [-0.39, 0.29) is 5.60 Å². The van der Waals surface area contributed by atoms with Crippen molar-refractivity contribution in [2.24, 2.45) is 5.92 Å². The maximum absolute atomic E-state index is 5.79. The summed E-state index contributed by atoms with van der Waals surface area (Å²) in [6.45, 7) is 6.91. The fourth-order valence-corrected chi connectivity index (χ4v) is 1.59. The summed E-state index contributed by atoms with van der Waals surface area (Å²) < 4.78 is 11.4. The second-order valence-electron chi connectivity index (χ2n) is 4.46. The van der Waals surface area contributed by atoms with Crippen LogP contribution in [0.3, 0.4) is 0 Å². The van der Waals surface area contributed by atoms with Crippen LogP contribution in [0.15, 0.2) is 23.7 Å². The van der Waals surface area contributed by atoms with E-state index in [9.17, 15) is 0 Å². The van der Waals surface area contributed by atoms with E-state index in [1.54, 1.807) is 0 Å². The first kappa shape index (κ1) is 8.67. The summed E-state index contributed by atoms with van der Waals surface area (Å²) in [6.07, 6.45) is 5.32. The van der Waals surface area contributed by atoms with Crippen LogP contribution in [0.5, 0.6) is 0 Å². The number of hydrogen-bond acceptors (Lipinski definition) is 2. The minimum Gasteiger partial charge on any atom is -0.486 e. The summed E-state index contributed by atoms with van der Waals surface area (Å²) in [6, 6.07) is 0. The molecule has 0 bridgehead atoms. The molecule has 2 nitrogen and oxygen atoms in total. The Morgan fingerprint density at radius 3 is 2.92 bits per heavy atom. The maximum Gasteiger partial charge on any atom is 0.157 e. The Morgan fingerprint density at radius 1 is 1.38 bits per heavy atom. The van der Waals surface area contributed by atoms with Gasteiger partial charge >= 0.3 is 0 Å². The highest BCUT2D eigenvalue weighted by molar-refractivity contribution is 5.27. The van der Waals surface area contributed by atoms with Crippen molar-refractivity contribution in [3.63, 3.8) is 0 Å². The van der Waals surface area contributed by atoms with E-state index in [0.717, 1.165) is 17.9 Å². The molecule has 0 aromatic heterocycles. The molecule has 1 fully saturated rings. The molecule has 0 aromatic rings. The first-order chi connectivity index (χ1) is 6.07. The minimum absolute atomic E-state index is 0.177. The molecule has 2 heteroatoms. The summed E-state index contributed by atoms with van der Waals surface area (Å²) in [5.41, 5.74) is -0.177. The van der Waals surface area contributed by atoms with Crippen LogP contribution in [0.4, 0.5) is 0 Å². The van der Waals surface area contributed by atoms with Crippen molar-refractivity contribution in [1.29, 1.82) is 0 Å². The van der Waals surface area contributed by atoms with Gasteiger partial charge in [-0.3, -0.25) is 0 Å². The quantitative estimate of drug-likeness (QED) is 0.570. The molecule has 1 unspecified atom stereocenters. The first-order valence-corrected chi connectivity index (χ1v) is 4.81. The van der Waals surface area contributed by atoms with Gasteiger partial charge in [0.25, 0.3) is 0 Å². The second kappa shape index (κ2) is 2.79. The number of allylic oxidation sites excluding steroid dienone is 2. The summed E-state index contributed by atoms with van der Waals surface area (Å²) in [5, 5.41) is 0. The monoisotopic (exact) mass is 180 g/mol. The first-order valence-electron chi connectivity index (χ1n) is 4.81. The Balaban J connectivity index is 2.19. The highest BCUT2D eigenvalue weighted by Crippen LogP contribution is 2.33. The lowest BCUT2D eigenvalue weighted by Gasteiger charge is -2.36. The molecule has 0 N–H and O–H groups in total. The average molecular weight is 180 g/mol. The molecule has 1 saturated heterocycles. The Morgan fingerprint density at radius 2 is 2.15 bits per heavy atom. The zero-order valence-corrected chi connectivity index (χ0v) is 8.46. The fraction of sp³-hybridized carbons (Fsp3) is 0.636. The topological polar surface area (TPSA) is 18.5 Å². The van der Waals surface area contributed by atoms with Gasteiger partial charge in [0.2, 0.25) is 0 Å². The number of rotatable bonds is 0. The zero-order chi connectivity index (χ0) is 9.47. The van der Waals surface area contributed by atoms with Crippen LogP contribution in [0.2, 0.25) is 0 Å². The average Bonchev–Trinajstić information content (AvgIpc) is 2.05. The van der Waals surface area contributed by atoms with Gasteiger partial charge in [0.05, 0.1) is 0 Å². The smallest absolute Gasteiger partial charge is 0.157 e. The molecule has 1 aliphatic heterocycles. The molecule has 72 valence electrons. The van der Waals surface area contributed by atoms with E-state index >= 15 is 0 Å². The summed E-state index contributed by atoms with van der Waals surface area (Å²) >= 11 is 0. The summed E-state index contributed by atoms with van der Waals surface area (Å²) in [7, 11) is 0. The predicted molar refractivity (Wildman–Crippen MR) is 51.1 cm³/mol. The summed E-state index contributed by atoms with van der Waals surface area (Å²) in [4.78, 5) is 0. The van der Waals surface area contributed by atoms with E-state index in [4.69, 9.17) is 9.47 Å². The van der Waals surface area contributed by atoms with Crippen LogP contribution in [0, 0.1) is 5.92 Å². The lowest BCUT2D eigenvalue weighted by Crippen LogP contribution is -2.36. The van der Waals surface area contributed by atoms with Crippen LogP contribution in [0.25, 0.3) is 0 Å². The summed E-state index contributed by atoms with van der Waals surface area (Å²) in [5.74, 6) is 2.43. The molecular formula is C11H16O2. The third kappa shape index (κ3) is 1.71. The van der Waals surface area contributed by atoms with Crippen LogP contribution < -0.4 is 0 Å². The second-order valence-corrected chi connectivity index (χ2v) is 4.46. The van der Waals surface area contributed by atoms with E-state index < -0.39 is 0 Å². The van der Waals surface area contributed by atoms with E-state index in [0.29, 0.717) is 12.5 Å². The van der Waals surface area contributed by atoms with Crippen molar-refractivity contribution in [1.82, 2.24) is 0 Å². The molecule has 1 atom stereocenters. The van der Waals surface area contributed by atoms with Gasteiger partial charge in [0, 0.05) is 0 Å². The highest BCUT2D eigenvalue weighted by atomic mass is 16.6. The molecule has 1 heterocycles. The third-order valence-electron chi connectivity index (χ3n) is 2.32. The maximum atomic E-state index is 5.79. The standard InChI is InChI=1S/C11H16O2/c1-8-4-5-9-10(6-8)12-7-11(2,3)13-9/h5-6,8H,4,7H2,1-3H3. The van der Waals surface area contributed by atoms with Crippen molar-refractivity contribution >= 4 is 0 Å². The Hall–Kier alpha value is -0.920. The van der Waals surface area contributed by atoms with Gasteiger partial charge in [0.15, 0.2) is 11.5 Å². The Labute approximate surface area is 79.2 Å². The van der Waals surface area contributed by atoms with Crippen LogP contribution in [-0.2, 0) is 9.47 Å². The molecule has 0 radical (unpaired) electrons. The SMILES string of the molecule is CC1C=C2OCC(C)(C)OC2=CC1. The molecule has 2 rings (SSSR count). The number of ether oxygens (including phenoxy) is 2. The normalized spacial score (nSPS) is 30.5. The van der Waals surface area contributed by atoms with Crippen molar-refractivity contribution < 1.29 is 9.47 Å². The molecule has 0 spiro atoms. The van der Waals surface area contributed by atoms with Gasteiger partial charge in [-0.05, 0) is 38.3 Å². The lowest BCUT2D eigenvalue weighted by molar-refractivity contribution is -0.0680.